The van der Waals surface area contributed by atoms with E-state index < -0.39 is 0 Å². The fourth-order valence-electron chi connectivity index (χ4n) is 2.94. The third-order valence-electron chi connectivity index (χ3n) is 4.13. The molecule has 0 atom stereocenters. The second kappa shape index (κ2) is 9.23. The number of carbonyl (C=O) groups excluding carboxylic acids is 1. The fraction of sp³-hybridized carbons (Fsp3) is 0.526. The first-order chi connectivity index (χ1) is 11.2. The third-order valence-corrected chi connectivity index (χ3v) is 4.13. The molecule has 0 spiro atoms. The fourth-order valence-corrected chi connectivity index (χ4v) is 2.94. The molecule has 126 valence electrons. The zero-order valence-corrected chi connectivity index (χ0v) is 14.1. The van der Waals surface area contributed by atoms with Crippen LogP contribution in [0.5, 0.6) is 11.5 Å². The Morgan fingerprint density at radius 3 is 2.61 bits per heavy atom. The lowest BCUT2D eigenvalue weighted by Gasteiger charge is -2.17. The summed E-state index contributed by atoms with van der Waals surface area (Å²) in [5.74, 6) is 1.18. The normalized spacial score (nSPS) is 16.1. The van der Waals surface area contributed by atoms with Crippen molar-refractivity contribution in [3.8, 4) is 11.5 Å². The van der Waals surface area contributed by atoms with E-state index in [9.17, 15) is 4.79 Å². The Hall–Kier alpha value is -1.97. The molecule has 0 saturated heterocycles. The summed E-state index contributed by atoms with van der Waals surface area (Å²) in [7, 11) is 1.60. The van der Waals surface area contributed by atoms with Crippen LogP contribution in [-0.4, -0.2) is 25.7 Å². The number of benzene rings is 1. The molecule has 1 aromatic rings. The Kier molecular flexibility index (Phi) is 6.98. The van der Waals surface area contributed by atoms with Gasteiger partial charge in [0.1, 0.15) is 0 Å². The summed E-state index contributed by atoms with van der Waals surface area (Å²) < 4.78 is 11.0. The van der Waals surface area contributed by atoms with Gasteiger partial charge >= 0.3 is 0 Å². The zero-order chi connectivity index (χ0) is 16.5. The van der Waals surface area contributed by atoms with Gasteiger partial charge in [-0.25, -0.2) is 0 Å². The van der Waals surface area contributed by atoms with Crippen molar-refractivity contribution in [1.82, 2.24) is 5.32 Å². The Morgan fingerprint density at radius 1 is 1.22 bits per heavy atom. The molecule has 1 N–H and O–H groups in total. The Balaban J connectivity index is 1.88. The van der Waals surface area contributed by atoms with Crippen molar-refractivity contribution in [3.63, 3.8) is 0 Å². The summed E-state index contributed by atoms with van der Waals surface area (Å²) >= 11 is 0. The van der Waals surface area contributed by atoms with Crippen molar-refractivity contribution in [3.05, 3.63) is 29.8 Å². The summed E-state index contributed by atoms with van der Waals surface area (Å²) in [4.78, 5) is 12.1. The molecule has 1 amide bonds. The summed E-state index contributed by atoms with van der Waals surface area (Å²) in [5, 5.41) is 3.08. The molecule has 1 aromatic carbocycles. The lowest BCUT2D eigenvalue weighted by atomic mass is 10.1. The molecule has 1 aliphatic rings. The Bertz CT molecular complexity index is 531. The second-order valence-corrected chi connectivity index (χ2v) is 5.95. The van der Waals surface area contributed by atoms with Gasteiger partial charge < -0.3 is 14.8 Å². The highest BCUT2D eigenvalue weighted by Gasteiger charge is 2.15. The van der Waals surface area contributed by atoms with Gasteiger partial charge in [-0.3, -0.25) is 4.79 Å². The van der Waals surface area contributed by atoms with Gasteiger partial charge in [-0.1, -0.05) is 43.9 Å². The quantitative estimate of drug-likeness (QED) is 0.808. The van der Waals surface area contributed by atoms with Crippen LogP contribution in [0.25, 0.3) is 6.08 Å². The van der Waals surface area contributed by atoms with E-state index in [1.54, 1.807) is 7.11 Å². The van der Waals surface area contributed by atoms with E-state index in [0.29, 0.717) is 17.5 Å². The maximum absolute atomic E-state index is 12.1. The largest absolute Gasteiger partial charge is 0.493 e. The molecular formula is C19H27NO3. The van der Waals surface area contributed by atoms with Crippen LogP contribution in [-0.2, 0) is 4.79 Å². The molecule has 1 fully saturated rings. The highest BCUT2D eigenvalue weighted by atomic mass is 16.5. The van der Waals surface area contributed by atoms with Crippen molar-refractivity contribution >= 4 is 12.0 Å². The summed E-state index contributed by atoms with van der Waals surface area (Å²) in [5.41, 5.74) is 1.04. The molecule has 4 nitrogen and oxygen atoms in total. The van der Waals surface area contributed by atoms with Gasteiger partial charge in [0, 0.05) is 6.04 Å². The topological polar surface area (TPSA) is 47.6 Å². The summed E-state index contributed by atoms with van der Waals surface area (Å²) in [6, 6.07) is 5.99. The molecule has 0 aliphatic heterocycles. The standard InChI is InChI=1S/C19H27NO3/c1-3-8-15-11-12-17(18(13-15)22-2)23-14-19(21)20-16-9-6-4-5-7-10-16/h3,8,11-13,16H,4-7,9-10,14H2,1-2H3,(H,20,21). The van der Waals surface area contributed by atoms with E-state index in [1.807, 2.05) is 37.3 Å². The van der Waals surface area contributed by atoms with Gasteiger partial charge in [0.15, 0.2) is 18.1 Å². The van der Waals surface area contributed by atoms with Gasteiger partial charge in [0.25, 0.3) is 5.91 Å². The maximum atomic E-state index is 12.1. The van der Waals surface area contributed by atoms with Crippen molar-refractivity contribution in [2.45, 2.75) is 51.5 Å². The summed E-state index contributed by atoms with van der Waals surface area (Å²) in [6.45, 7) is 1.99. The molecule has 0 radical (unpaired) electrons. The van der Waals surface area contributed by atoms with Crippen molar-refractivity contribution in [2.75, 3.05) is 13.7 Å². The minimum absolute atomic E-state index is 0.0236. The number of rotatable bonds is 6. The van der Waals surface area contributed by atoms with Crippen LogP contribution < -0.4 is 14.8 Å². The molecule has 2 rings (SSSR count). The molecule has 1 aliphatic carbocycles. The van der Waals surface area contributed by atoms with Crippen LogP contribution in [0.15, 0.2) is 24.3 Å². The predicted molar refractivity (Wildman–Crippen MR) is 92.8 cm³/mol. The Labute approximate surface area is 138 Å². The van der Waals surface area contributed by atoms with Crippen LogP contribution in [0, 0.1) is 0 Å². The number of hydrogen-bond acceptors (Lipinski definition) is 3. The van der Waals surface area contributed by atoms with Crippen LogP contribution in [0.4, 0.5) is 0 Å². The van der Waals surface area contributed by atoms with E-state index in [-0.39, 0.29) is 12.5 Å². The number of nitrogens with one attached hydrogen (secondary N) is 1. The van der Waals surface area contributed by atoms with Crippen molar-refractivity contribution in [2.24, 2.45) is 0 Å². The molecule has 23 heavy (non-hydrogen) atoms. The van der Waals surface area contributed by atoms with Crippen LogP contribution >= 0.6 is 0 Å². The lowest BCUT2D eigenvalue weighted by Crippen LogP contribution is -2.37. The SMILES string of the molecule is CC=Cc1ccc(OCC(=O)NC2CCCCCC2)c(OC)c1. The third kappa shape index (κ3) is 5.62. The molecular weight excluding hydrogens is 290 g/mol. The minimum atomic E-state index is -0.0588. The van der Waals surface area contributed by atoms with Gasteiger partial charge in [-0.15, -0.1) is 0 Å². The highest BCUT2D eigenvalue weighted by molar-refractivity contribution is 5.78. The molecule has 0 heterocycles. The van der Waals surface area contributed by atoms with Gasteiger partial charge in [0.05, 0.1) is 7.11 Å². The number of ether oxygens (including phenoxy) is 2. The van der Waals surface area contributed by atoms with E-state index in [1.165, 1.54) is 25.7 Å². The van der Waals surface area contributed by atoms with E-state index in [0.717, 1.165) is 18.4 Å². The number of amides is 1. The van der Waals surface area contributed by atoms with E-state index >= 15 is 0 Å². The number of allylic oxidation sites excluding steroid dienone is 1. The number of hydrogen-bond donors (Lipinski definition) is 1. The average Bonchev–Trinajstić information content (AvgIpc) is 2.82. The highest BCUT2D eigenvalue weighted by Crippen LogP contribution is 2.28. The van der Waals surface area contributed by atoms with Crippen molar-refractivity contribution < 1.29 is 14.3 Å². The molecule has 0 aromatic heterocycles. The van der Waals surface area contributed by atoms with Gasteiger partial charge in [-0.05, 0) is 37.5 Å². The zero-order valence-electron chi connectivity index (χ0n) is 14.1. The summed E-state index contributed by atoms with van der Waals surface area (Å²) in [6.07, 6.45) is 11.1. The first kappa shape index (κ1) is 17.4. The smallest absolute Gasteiger partial charge is 0.258 e. The predicted octanol–water partition coefficient (Wildman–Crippen LogP) is 3.95. The maximum Gasteiger partial charge on any atom is 0.258 e. The molecule has 0 bridgehead atoms. The average molecular weight is 317 g/mol. The number of methoxy groups -OCH3 is 1. The monoisotopic (exact) mass is 317 g/mol. The molecule has 0 unspecified atom stereocenters. The van der Waals surface area contributed by atoms with Gasteiger partial charge in [-0.2, -0.15) is 0 Å². The molecule has 1 saturated carbocycles. The second-order valence-electron chi connectivity index (χ2n) is 5.95. The first-order valence-electron chi connectivity index (χ1n) is 8.46. The Morgan fingerprint density at radius 2 is 1.96 bits per heavy atom. The van der Waals surface area contributed by atoms with Crippen LogP contribution in [0.3, 0.4) is 0 Å². The number of carbonyl (C=O) groups is 1. The van der Waals surface area contributed by atoms with E-state index in [4.69, 9.17) is 9.47 Å². The van der Waals surface area contributed by atoms with Gasteiger partial charge in [0.2, 0.25) is 0 Å². The van der Waals surface area contributed by atoms with Crippen molar-refractivity contribution in [1.29, 1.82) is 0 Å². The van der Waals surface area contributed by atoms with Crippen LogP contribution in [0.2, 0.25) is 0 Å². The van der Waals surface area contributed by atoms with Crippen LogP contribution in [0.1, 0.15) is 51.0 Å². The minimum Gasteiger partial charge on any atom is -0.493 e. The molecule has 4 heteroatoms. The first-order valence-corrected chi connectivity index (χ1v) is 8.46. The lowest BCUT2D eigenvalue weighted by molar-refractivity contribution is -0.123. The van der Waals surface area contributed by atoms with E-state index in [2.05, 4.69) is 5.32 Å².